The Hall–Kier alpha value is -1.89. The van der Waals surface area contributed by atoms with Gasteiger partial charge in [0.1, 0.15) is 0 Å². The van der Waals surface area contributed by atoms with Crippen LogP contribution in [-0.4, -0.2) is 45.0 Å². The topological polar surface area (TPSA) is 108 Å². The van der Waals surface area contributed by atoms with Crippen molar-refractivity contribution in [1.29, 1.82) is 0 Å². The third-order valence-corrected chi connectivity index (χ3v) is 3.55. The lowest BCUT2D eigenvalue weighted by Crippen LogP contribution is -2.32. The highest BCUT2D eigenvalue weighted by molar-refractivity contribution is 6.02. The van der Waals surface area contributed by atoms with Crippen LogP contribution >= 0.6 is 0 Å². The molecule has 2 heterocycles. The Bertz CT molecular complexity index is 527. The molecule has 19 heavy (non-hydrogen) atoms. The first kappa shape index (κ1) is 13.5. The number of hydrogen-bond acceptors (Lipinski definition) is 6. The fraction of sp³-hybridized carbons (Fsp3) is 0.583. The maximum atomic E-state index is 10.0. The van der Waals surface area contributed by atoms with E-state index in [0.717, 1.165) is 11.3 Å². The van der Waals surface area contributed by atoms with E-state index >= 15 is 0 Å². The molecule has 7 heteroatoms. The fourth-order valence-corrected chi connectivity index (χ4v) is 2.30. The summed E-state index contributed by atoms with van der Waals surface area (Å²) in [6.07, 6.45) is 0.650. The largest absolute Gasteiger partial charge is 0.409 e. The van der Waals surface area contributed by atoms with Crippen molar-refractivity contribution in [3.63, 3.8) is 0 Å². The Morgan fingerprint density at radius 2 is 2.11 bits per heavy atom. The summed E-state index contributed by atoms with van der Waals surface area (Å²) in [5.41, 5.74) is 7.13. The lowest BCUT2D eigenvalue weighted by molar-refractivity contribution is 0.0839. The maximum absolute atomic E-state index is 10.0. The number of oxime groups is 1. The molecule has 4 N–H and O–H groups in total. The quantitative estimate of drug-likeness (QED) is 0.304. The van der Waals surface area contributed by atoms with Crippen molar-refractivity contribution in [3.8, 4) is 0 Å². The number of nitrogens with zero attached hydrogens (tertiary/aromatic N) is 4. The average Bonchev–Trinajstić information content (AvgIpc) is 2.72. The summed E-state index contributed by atoms with van der Waals surface area (Å²) in [6, 6.07) is 0. The van der Waals surface area contributed by atoms with Gasteiger partial charge in [0, 0.05) is 13.1 Å². The molecule has 1 saturated heterocycles. The van der Waals surface area contributed by atoms with Gasteiger partial charge < -0.3 is 20.9 Å². The number of amidine groups is 1. The second-order valence-corrected chi connectivity index (χ2v) is 5.26. The van der Waals surface area contributed by atoms with Crippen molar-refractivity contribution >= 4 is 11.7 Å². The lowest BCUT2D eigenvalue weighted by atomic mass is 10.1. The van der Waals surface area contributed by atoms with E-state index in [1.54, 1.807) is 6.92 Å². The van der Waals surface area contributed by atoms with Crippen molar-refractivity contribution in [2.75, 3.05) is 18.0 Å². The molecule has 104 valence electrons. The van der Waals surface area contributed by atoms with Gasteiger partial charge in [-0.3, -0.25) is 0 Å². The molecule has 0 aromatic carbocycles. The highest BCUT2D eigenvalue weighted by atomic mass is 16.4. The van der Waals surface area contributed by atoms with Gasteiger partial charge in [0.15, 0.2) is 11.7 Å². The third kappa shape index (κ3) is 2.46. The molecular weight excluding hydrogens is 246 g/mol. The number of β-amino-alcohol motifs (C(OH)–C–C–N with tert-alkyl or cyclic N) is 1. The van der Waals surface area contributed by atoms with E-state index in [-0.39, 0.29) is 5.84 Å². The molecule has 0 radical (unpaired) electrons. The summed E-state index contributed by atoms with van der Waals surface area (Å²) in [6.45, 7) is 6.58. The highest BCUT2D eigenvalue weighted by Gasteiger charge is 2.34. The minimum atomic E-state index is -0.747. The first-order valence-electron chi connectivity index (χ1n) is 6.15. The summed E-state index contributed by atoms with van der Waals surface area (Å²) in [5.74, 6) is 0.563. The lowest BCUT2D eigenvalue weighted by Gasteiger charge is -2.22. The molecule has 7 nitrogen and oxygen atoms in total. The van der Waals surface area contributed by atoms with Crippen LogP contribution in [0.15, 0.2) is 5.16 Å². The Kier molecular flexibility index (Phi) is 3.32. The molecule has 2 rings (SSSR count). The first-order valence-corrected chi connectivity index (χ1v) is 6.15. The monoisotopic (exact) mass is 265 g/mol. The maximum Gasteiger partial charge on any atom is 0.174 e. The van der Waals surface area contributed by atoms with Crippen molar-refractivity contribution in [2.24, 2.45) is 10.9 Å². The number of nitrogens with two attached hydrogens (primary N) is 1. The molecule has 1 unspecified atom stereocenters. The van der Waals surface area contributed by atoms with Crippen LogP contribution in [0.25, 0.3) is 0 Å². The molecule has 1 aromatic heterocycles. The zero-order valence-corrected chi connectivity index (χ0v) is 11.4. The Labute approximate surface area is 111 Å². The van der Waals surface area contributed by atoms with E-state index in [2.05, 4.69) is 15.4 Å². The zero-order valence-electron chi connectivity index (χ0n) is 11.4. The number of anilines is 1. The van der Waals surface area contributed by atoms with Gasteiger partial charge in [-0.25, -0.2) is 0 Å². The second kappa shape index (κ2) is 4.65. The van der Waals surface area contributed by atoms with Gasteiger partial charge in [0.05, 0.1) is 16.9 Å². The van der Waals surface area contributed by atoms with Crippen molar-refractivity contribution in [1.82, 2.24) is 10.2 Å². The molecule has 0 saturated carbocycles. The van der Waals surface area contributed by atoms with Gasteiger partial charge in [-0.05, 0) is 32.8 Å². The number of rotatable bonds is 2. The van der Waals surface area contributed by atoms with Crippen molar-refractivity contribution in [3.05, 3.63) is 16.8 Å². The predicted octanol–water partition coefficient (Wildman–Crippen LogP) is 0.149. The van der Waals surface area contributed by atoms with E-state index < -0.39 is 5.60 Å². The zero-order chi connectivity index (χ0) is 14.2. The molecule has 1 aliphatic heterocycles. The van der Waals surface area contributed by atoms with Crippen LogP contribution in [0.5, 0.6) is 0 Å². The van der Waals surface area contributed by atoms with Gasteiger partial charge in [0.25, 0.3) is 0 Å². The Morgan fingerprint density at radius 1 is 1.42 bits per heavy atom. The van der Waals surface area contributed by atoms with Crippen LogP contribution in [0, 0.1) is 13.8 Å². The van der Waals surface area contributed by atoms with Crippen molar-refractivity contribution < 1.29 is 10.3 Å². The molecule has 1 aliphatic rings. The SMILES string of the molecule is Cc1nnc(N2CCC(C)(O)C2)c(C(N)=NO)c1C. The van der Waals surface area contributed by atoms with Gasteiger partial charge in [0.2, 0.25) is 0 Å². The number of hydrogen-bond donors (Lipinski definition) is 3. The Morgan fingerprint density at radius 3 is 2.63 bits per heavy atom. The summed E-state index contributed by atoms with van der Waals surface area (Å²) in [5, 5.41) is 30.3. The summed E-state index contributed by atoms with van der Waals surface area (Å²) >= 11 is 0. The van der Waals surface area contributed by atoms with Crippen LogP contribution in [0.3, 0.4) is 0 Å². The van der Waals surface area contributed by atoms with Crippen LogP contribution in [0.2, 0.25) is 0 Å². The van der Waals surface area contributed by atoms with Gasteiger partial charge in [-0.2, -0.15) is 5.10 Å². The van der Waals surface area contributed by atoms with Crippen LogP contribution < -0.4 is 10.6 Å². The summed E-state index contributed by atoms with van der Waals surface area (Å²) in [4.78, 5) is 1.91. The Balaban J connectivity index is 2.49. The second-order valence-electron chi connectivity index (χ2n) is 5.26. The molecule has 0 bridgehead atoms. The van der Waals surface area contributed by atoms with Gasteiger partial charge in [-0.15, -0.1) is 5.10 Å². The van der Waals surface area contributed by atoms with Crippen LogP contribution in [0.1, 0.15) is 30.2 Å². The van der Waals surface area contributed by atoms with Crippen molar-refractivity contribution in [2.45, 2.75) is 32.8 Å². The summed E-state index contributed by atoms with van der Waals surface area (Å²) < 4.78 is 0. The average molecular weight is 265 g/mol. The molecule has 0 amide bonds. The van der Waals surface area contributed by atoms with E-state index in [9.17, 15) is 5.11 Å². The molecule has 0 spiro atoms. The molecule has 0 aliphatic carbocycles. The van der Waals surface area contributed by atoms with E-state index in [1.807, 2.05) is 18.7 Å². The van der Waals surface area contributed by atoms with E-state index in [0.29, 0.717) is 30.9 Å². The van der Waals surface area contributed by atoms with Gasteiger partial charge >= 0.3 is 0 Å². The van der Waals surface area contributed by atoms with E-state index in [4.69, 9.17) is 10.9 Å². The van der Waals surface area contributed by atoms with Crippen LogP contribution in [0.4, 0.5) is 5.82 Å². The highest BCUT2D eigenvalue weighted by Crippen LogP contribution is 2.29. The van der Waals surface area contributed by atoms with E-state index in [1.165, 1.54) is 0 Å². The van der Waals surface area contributed by atoms with Gasteiger partial charge in [-0.1, -0.05) is 5.16 Å². The normalized spacial score (nSPS) is 24.0. The number of aryl methyl sites for hydroxylation is 1. The minimum Gasteiger partial charge on any atom is -0.409 e. The molecule has 1 fully saturated rings. The third-order valence-electron chi connectivity index (χ3n) is 3.55. The first-order chi connectivity index (χ1) is 8.85. The molecular formula is C12H19N5O2. The van der Waals surface area contributed by atoms with Crippen LogP contribution in [-0.2, 0) is 0 Å². The molecule has 1 atom stereocenters. The standard InChI is InChI=1S/C12H19N5O2/c1-7-8(2)14-15-11(9(7)10(13)16-19)17-5-4-12(3,18)6-17/h18-19H,4-6H2,1-3H3,(H2,13,16). The number of aliphatic hydroxyl groups is 1. The minimum absolute atomic E-state index is 0.0112. The fourth-order valence-electron chi connectivity index (χ4n) is 2.30. The predicted molar refractivity (Wildman–Crippen MR) is 71.5 cm³/mol. The smallest absolute Gasteiger partial charge is 0.174 e. The molecule has 1 aromatic rings. The summed E-state index contributed by atoms with van der Waals surface area (Å²) in [7, 11) is 0. The number of aromatic nitrogens is 2.